The van der Waals surface area contributed by atoms with E-state index in [4.69, 9.17) is 9.72 Å². The van der Waals surface area contributed by atoms with Gasteiger partial charge in [0, 0.05) is 36.8 Å². The third kappa shape index (κ3) is 3.95. The van der Waals surface area contributed by atoms with E-state index in [0.717, 1.165) is 47.8 Å². The second kappa shape index (κ2) is 8.05. The summed E-state index contributed by atoms with van der Waals surface area (Å²) in [5.74, 6) is 1.78. The number of benzene rings is 1. The molecule has 2 aliphatic heterocycles. The van der Waals surface area contributed by atoms with Crippen LogP contribution >= 0.6 is 0 Å². The van der Waals surface area contributed by atoms with E-state index in [-0.39, 0.29) is 11.9 Å². The monoisotopic (exact) mass is 366 g/mol. The molecule has 1 N–H and O–H groups in total. The van der Waals surface area contributed by atoms with Crippen LogP contribution < -0.4 is 10.1 Å². The number of para-hydroxylation sites is 1. The third-order valence-corrected chi connectivity index (χ3v) is 5.46. The first-order chi connectivity index (χ1) is 13.2. The average Bonchev–Trinajstić information content (AvgIpc) is 2.74. The minimum Gasteiger partial charge on any atom is -0.496 e. The Labute approximate surface area is 160 Å². The lowest BCUT2D eigenvalue weighted by Crippen LogP contribution is -2.38. The van der Waals surface area contributed by atoms with E-state index in [0.29, 0.717) is 19.5 Å². The lowest BCUT2D eigenvalue weighted by molar-refractivity contribution is -0.131. The van der Waals surface area contributed by atoms with Crippen LogP contribution in [0, 0.1) is 0 Å². The van der Waals surface area contributed by atoms with E-state index in [2.05, 4.69) is 10.3 Å². The van der Waals surface area contributed by atoms with Gasteiger partial charge in [-0.1, -0.05) is 24.6 Å². The highest BCUT2D eigenvalue weighted by Gasteiger charge is 2.25. The lowest BCUT2D eigenvalue weighted by Gasteiger charge is -2.29. The zero-order valence-corrected chi connectivity index (χ0v) is 15.8. The fourth-order valence-electron chi connectivity index (χ4n) is 3.91. The van der Waals surface area contributed by atoms with Crippen molar-refractivity contribution in [3.05, 3.63) is 53.1 Å². The summed E-state index contributed by atoms with van der Waals surface area (Å²) in [6.45, 7) is 2.33. The molecule has 0 bridgehead atoms. The van der Waals surface area contributed by atoms with Gasteiger partial charge in [-0.05, 0) is 25.5 Å². The first-order valence-electron chi connectivity index (χ1n) is 9.72. The van der Waals surface area contributed by atoms with E-state index in [1.54, 1.807) is 7.11 Å². The van der Waals surface area contributed by atoms with E-state index < -0.39 is 0 Å². The van der Waals surface area contributed by atoms with E-state index >= 15 is 0 Å². The van der Waals surface area contributed by atoms with Gasteiger partial charge in [-0.25, -0.2) is 9.97 Å². The van der Waals surface area contributed by atoms with Crippen molar-refractivity contribution in [2.45, 2.75) is 44.7 Å². The number of hydrogen-bond donors (Lipinski definition) is 1. The molecule has 27 heavy (non-hydrogen) atoms. The molecule has 1 amide bonds. The normalized spacial score (nSPS) is 19.4. The molecule has 1 atom stereocenters. The predicted molar refractivity (Wildman–Crippen MR) is 102 cm³/mol. The number of methoxy groups -OCH3 is 1. The van der Waals surface area contributed by atoms with E-state index in [9.17, 15) is 4.79 Å². The summed E-state index contributed by atoms with van der Waals surface area (Å²) in [6.07, 6.45) is 6.60. The second-order valence-corrected chi connectivity index (χ2v) is 7.26. The second-order valence-electron chi connectivity index (χ2n) is 7.26. The number of carbonyl (C=O) groups excluding carboxylic acids is 1. The smallest absolute Gasteiger partial charge is 0.227 e. The van der Waals surface area contributed by atoms with Gasteiger partial charge >= 0.3 is 0 Å². The number of carbonyl (C=O) groups is 1. The average molecular weight is 366 g/mol. The van der Waals surface area contributed by atoms with Gasteiger partial charge in [-0.3, -0.25) is 4.79 Å². The van der Waals surface area contributed by atoms with Crippen molar-refractivity contribution in [2.24, 2.45) is 0 Å². The Balaban J connectivity index is 1.44. The molecular weight excluding hydrogens is 340 g/mol. The number of hydrogen-bond acceptors (Lipinski definition) is 5. The van der Waals surface area contributed by atoms with Crippen molar-refractivity contribution < 1.29 is 9.53 Å². The molecule has 1 fully saturated rings. The van der Waals surface area contributed by atoms with Crippen molar-refractivity contribution in [3.8, 4) is 5.75 Å². The zero-order chi connectivity index (χ0) is 18.6. The molecule has 142 valence electrons. The standard InChI is InChI=1S/C21H26N4O2/c1-27-19-8-3-2-6-15(19)12-20(26)25-11-9-17-16(14-25)13-23-21(24-17)18-7-4-5-10-22-18/h2-3,6,8,13,18,22H,4-5,7,9-12,14H2,1H3/t18-/m0/s1. The summed E-state index contributed by atoms with van der Waals surface area (Å²) in [7, 11) is 1.64. The minimum absolute atomic E-state index is 0.114. The number of nitrogens with one attached hydrogen (secondary N) is 1. The van der Waals surface area contributed by atoms with Crippen LogP contribution in [0.5, 0.6) is 5.75 Å². The molecular formula is C21H26N4O2. The summed E-state index contributed by atoms with van der Waals surface area (Å²) in [6, 6.07) is 7.96. The highest BCUT2D eigenvalue weighted by atomic mass is 16.5. The molecule has 1 aromatic carbocycles. The number of ether oxygens (including phenoxy) is 1. The van der Waals surface area contributed by atoms with E-state index in [1.807, 2.05) is 35.4 Å². The maximum absolute atomic E-state index is 12.8. The first-order valence-corrected chi connectivity index (χ1v) is 9.72. The van der Waals surface area contributed by atoms with Gasteiger partial charge in [-0.2, -0.15) is 0 Å². The number of fused-ring (bicyclic) bond motifs is 1. The van der Waals surface area contributed by atoms with Crippen molar-refractivity contribution >= 4 is 5.91 Å². The largest absolute Gasteiger partial charge is 0.496 e. The third-order valence-electron chi connectivity index (χ3n) is 5.46. The van der Waals surface area contributed by atoms with Gasteiger partial charge in [0.15, 0.2) is 0 Å². The van der Waals surface area contributed by atoms with E-state index in [1.165, 1.54) is 12.8 Å². The highest BCUT2D eigenvalue weighted by Crippen LogP contribution is 2.24. The molecule has 0 unspecified atom stereocenters. The van der Waals surface area contributed by atoms with Gasteiger partial charge in [0.1, 0.15) is 11.6 Å². The Kier molecular flexibility index (Phi) is 5.34. The van der Waals surface area contributed by atoms with Crippen molar-refractivity contribution in [2.75, 3.05) is 20.2 Å². The number of nitrogens with zero attached hydrogens (tertiary/aromatic N) is 3. The van der Waals surface area contributed by atoms with Crippen molar-refractivity contribution in [3.63, 3.8) is 0 Å². The maximum Gasteiger partial charge on any atom is 0.227 e. The number of aromatic nitrogens is 2. The Morgan fingerprint density at radius 2 is 2.22 bits per heavy atom. The number of piperidine rings is 1. The minimum atomic E-state index is 0.114. The highest BCUT2D eigenvalue weighted by molar-refractivity contribution is 5.79. The van der Waals surface area contributed by atoms with Gasteiger partial charge in [0.2, 0.25) is 5.91 Å². The van der Waals surface area contributed by atoms with Gasteiger partial charge in [0.25, 0.3) is 0 Å². The number of amides is 1. The summed E-state index contributed by atoms with van der Waals surface area (Å²) >= 11 is 0. The van der Waals surface area contributed by atoms with Gasteiger partial charge in [-0.15, -0.1) is 0 Å². The topological polar surface area (TPSA) is 67.3 Å². The van der Waals surface area contributed by atoms with Gasteiger partial charge in [0.05, 0.1) is 25.3 Å². The predicted octanol–water partition coefficient (Wildman–Crippen LogP) is 2.43. The zero-order valence-electron chi connectivity index (χ0n) is 15.8. The molecule has 3 heterocycles. The molecule has 6 nitrogen and oxygen atoms in total. The molecule has 4 rings (SSSR count). The molecule has 1 aromatic heterocycles. The molecule has 2 aliphatic rings. The first kappa shape index (κ1) is 17.9. The van der Waals surface area contributed by atoms with Crippen molar-refractivity contribution in [1.82, 2.24) is 20.2 Å². The van der Waals surface area contributed by atoms with Crippen LogP contribution in [-0.2, 0) is 24.2 Å². The Bertz CT molecular complexity index is 818. The van der Waals surface area contributed by atoms with Gasteiger partial charge < -0.3 is 15.0 Å². The molecule has 0 radical (unpaired) electrons. The molecule has 0 saturated carbocycles. The molecule has 0 aliphatic carbocycles. The van der Waals surface area contributed by atoms with Crippen LogP contribution in [0.25, 0.3) is 0 Å². The van der Waals surface area contributed by atoms with Crippen LogP contribution in [-0.4, -0.2) is 41.0 Å². The fraction of sp³-hybridized carbons (Fsp3) is 0.476. The Morgan fingerprint density at radius 3 is 3.04 bits per heavy atom. The van der Waals surface area contributed by atoms with Crippen LogP contribution in [0.2, 0.25) is 0 Å². The lowest BCUT2D eigenvalue weighted by atomic mass is 10.0. The Hall–Kier alpha value is -2.47. The number of rotatable bonds is 4. The SMILES string of the molecule is COc1ccccc1CC(=O)N1CCc2nc([C@@H]3CCCCN3)ncc2C1. The molecule has 0 spiro atoms. The summed E-state index contributed by atoms with van der Waals surface area (Å²) in [5, 5.41) is 3.51. The molecule has 6 heteroatoms. The summed E-state index contributed by atoms with van der Waals surface area (Å²) < 4.78 is 5.36. The molecule has 1 saturated heterocycles. The van der Waals surface area contributed by atoms with Crippen molar-refractivity contribution in [1.29, 1.82) is 0 Å². The van der Waals surface area contributed by atoms with Crippen LogP contribution in [0.1, 0.15) is 47.9 Å². The maximum atomic E-state index is 12.8. The molecule has 2 aromatic rings. The fourth-order valence-corrected chi connectivity index (χ4v) is 3.91. The summed E-state index contributed by atoms with van der Waals surface area (Å²) in [4.78, 5) is 24.1. The quantitative estimate of drug-likeness (QED) is 0.900. The summed E-state index contributed by atoms with van der Waals surface area (Å²) in [5.41, 5.74) is 3.08. The Morgan fingerprint density at radius 1 is 1.33 bits per heavy atom. The van der Waals surface area contributed by atoms with Crippen LogP contribution in [0.4, 0.5) is 0 Å². The van der Waals surface area contributed by atoms with Crippen LogP contribution in [0.15, 0.2) is 30.5 Å². The van der Waals surface area contributed by atoms with Crippen LogP contribution in [0.3, 0.4) is 0 Å².